The topological polar surface area (TPSA) is 96.5 Å². The lowest BCUT2D eigenvalue weighted by atomic mass is 10.1. The third-order valence-corrected chi connectivity index (χ3v) is 5.41. The Hall–Kier alpha value is -3.20. The molecule has 0 saturated carbocycles. The lowest BCUT2D eigenvalue weighted by Gasteiger charge is -2.36. The van der Waals surface area contributed by atoms with E-state index in [2.05, 4.69) is 37.0 Å². The van der Waals surface area contributed by atoms with Gasteiger partial charge in [-0.25, -0.2) is 15.0 Å². The van der Waals surface area contributed by atoms with E-state index in [1.54, 1.807) is 6.20 Å². The predicted molar refractivity (Wildman–Crippen MR) is 106 cm³/mol. The minimum atomic E-state index is -0.0106. The number of aromatic amines is 1. The number of carbonyl (C=O) groups is 1. The minimum Gasteiger partial charge on any atom is -0.471 e. The number of nitrogens with zero attached hydrogens (tertiary/aromatic N) is 5. The van der Waals surface area contributed by atoms with Crippen LogP contribution in [0, 0.1) is 0 Å². The van der Waals surface area contributed by atoms with Gasteiger partial charge in [0.2, 0.25) is 5.88 Å². The predicted octanol–water partition coefficient (Wildman–Crippen LogP) is 1.48. The Morgan fingerprint density at radius 2 is 2.10 bits per heavy atom. The van der Waals surface area contributed by atoms with Gasteiger partial charge in [-0.2, -0.15) is 0 Å². The zero-order valence-electron chi connectivity index (χ0n) is 16.0. The van der Waals surface area contributed by atoms with Gasteiger partial charge in [0.25, 0.3) is 5.91 Å². The standard InChI is InChI=1S/C20H22N6O3/c27-20(18-10-21-12-22-18)26-6-4-25(5-7-26)14-1-2-17-16(9-14)19(24-13-23-17)29-15-3-8-28-11-15/h1-2,9-10,12-13,15H,3-8,11H2,(H,21,22). The van der Waals surface area contributed by atoms with Crippen molar-refractivity contribution in [1.29, 1.82) is 0 Å². The van der Waals surface area contributed by atoms with Crippen molar-refractivity contribution >= 4 is 22.5 Å². The molecule has 3 aromatic rings. The summed E-state index contributed by atoms with van der Waals surface area (Å²) < 4.78 is 11.5. The van der Waals surface area contributed by atoms with E-state index < -0.39 is 0 Å². The molecule has 9 heteroatoms. The fraction of sp³-hybridized carbons (Fsp3) is 0.400. The first-order chi connectivity index (χ1) is 14.3. The van der Waals surface area contributed by atoms with Gasteiger partial charge < -0.3 is 24.3 Å². The summed E-state index contributed by atoms with van der Waals surface area (Å²) in [4.78, 5) is 32.1. The Morgan fingerprint density at radius 3 is 2.86 bits per heavy atom. The van der Waals surface area contributed by atoms with Crippen LogP contribution in [0.2, 0.25) is 0 Å². The number of imidazole rings is 1. The van der Waals surface area contributed by atoms with Gasteiger partial charge in [-0.1, -0.05) is 0 Å². The van der Waals surface area contributed by atoms with Crippen molar-refractivity contribution in [1.82, 2.24) is 24.8 Å². The van der Waals surface area contributed by atoms with Crippen molar-refractivity contribution in [2.45, 2.75) is 12.5 Å². The normalized spacial score (nSPS) is 19.7. The number of amides is 1. The lowest BCUT2D eigenvalue weighted by Crippen LogP contribution is -2.48. The molecule has 150 valence electrons. The van der Waals surface area contributed by atoms with Crippen molar-refractivity contribution in [2.24, 2.45) is 0 Å². The molecule has 5 rings (SSSR count). The molecule has 2 aromatic heterocycles. The van der Waals surface area contributed by atoms with Crippen molar-refractivity contribution < 1.29 is 14.3 Å². The zero-order chi connectivity index (χ0) is 19.6. The van der Waals surface area contributed by atoms with Crippen LogP contribution in [-0.4, -0.2) is 76.2 Å². The maximum absolute atomic E-state index is 12.5. The summed E-state index contributed by atoms with van der Waals surface area (Å²) in [6.45, 7) is 4.14. The molecular weight excluding hydrogens is 372 g/mol. The molecular formula is C20H22N6O3. The fourth-order valence-electron chi connectivity index (χ4n) is 3.79. The first-order valence-electron chi connectivity index (χ1n) is 9.80. The van der Waals surface area contributed by atoms with Gasteiger partial charge >= 0.3 is 0 Å². The number of hydrogen-bond acceptors (Lipinski definition) is 7. The molecule has 9 nitrogen and oxygen atoms in total. The van der Waals surface area contributed by atoms with Crippen molar-refractivity contribution in [3.63, 3.8) is 0 Å². The highest BCUT2D eigenvalue weighted by Crippen LogP contribution is 2.29. The summed E-state index contributed by atoms with van der Waals surface area (Å²) in [5, 5.41) is 0.896. The highest BCUT2D eigenvalue weighted by molar-refractivity contribution is 5.92. The van der Waals surface area contributed by atoms with E-state index in [1.165, 1.54) is 12.7 Å². The minimum absolute atomic E-state index is 0.0106. The molecule has 4 heterocycles. The third kappa shape index (κ3) is 3.61. The van der Waals surface area contributed by atoms with Crippen LogP contribution >= 0.6 is 0 Å². The number of aromatic nitrogens is 4. The number of ether oxygens (including phenoxy) is 2. The average Bonchev–Trinajstić information content (AvgIpc) is 3.48. The monoisotopic (exact) mass is 394 g/mol. The fourth-order valence-corrected chi connectivity index (χ4v) is 3.79. The highest BCUT2D eigenvalue weighted by atomic mass is 16.5. The van der Waals surface area contributed by atoms with Crippen molar-refractivity contribution in [2.75, 3.05) is 44.3 Å². The van der Waals surface area contributed by atoms with Crippen LogP contribution in [0.4, 0.5) is 5.69 Å². The summed E-state index contributed by atoms with van der Waals surface area (Å²) in [6, 6.07) is 6.13. The zero-order valence-corrected chi connectivity index (χ0v) is 16.0. The average molecular weight is 394 g/mol. The molecule has 2 aliphatic rings. The molecule has 1 N–H and O–H groups in total. The Balaban J connectivity index is 1.32. The number of carbonyl (C=O) groups excluding carboxylic acids is 1. The third-order valence-electron chi connectivity index (χ3n) is 5.41. The Morgan fingerprint density at radius 1 is 1.21 bits per heavy atom. The van der Waals surface area contributed by atoms with E-state index in [0.717, 1.165) is 42.7 Å². The molecule has 1 amide bonds. The molecule has 0 radical (unpaired) electrons. The molecule has 2 aliphatic heterocycles. The number of H-pyrrole nitrogens is 1. The van der Waals surface area contributed by atoms with E-state index in [4.69, 9.17) is 9.47 Å². The van der Waals surface area contributed by atoms with E-state index >= 15 is 0 Å². The van der Waals surface area contributed by atoms with Crippen LogP contribution in [0.5, 0.6) is 5.88 Å². The Kier molecular flexibility index (Phi) is 4.73. The van der Waals surface area contributed by atoms with E-state index in [0.29, 0.717) is 31.3 Å². The molecule has 2 fully saturated rings. The maximum atomic E-state index is 12.5. The molecule has 29 heavy (non-hydrogen) atoms. The van der Waals surface area contributed by atoms with E-state index in [-0.39, 0.29) is 12.0 Å². The summed E-state index contributed by atoms with van der Waals surface area (Å²) in [5.41, 5.74) is 2.46. The van der Waals surface area contributed by atoms with Crippen LogP contribution in [0.1, 0.15) is 16.9 Å². The first-order valence-corrected chi connectivity index (χ1v) is 9.80. The molecule has 1 unspecified atom stereocenters. The van der Waals surface area contributed by atoms with E-state index in [1.807, 2.05) is 11.0 Å². The van der Waals surface area contributed by atoms with Gasteiger partial charge in [0.1, 0.15) is 18.1 Å². The quantitative estimate of drug-likeness (QED) is 0.716. The number of anilines is 1. The summed E-state index contributed by atoms with van der Waals surface area (Å²) in [5.74, 6) is 0.587. The van der Waals surface area contributed by atoms with Crippen LogP contribution < -0.4 is 9.64 Å². The van der Waals surface area contributed by atoms with Crippen LogP contribution in [0.3, 0.4) is 0 Å². The van der Waals surface area contributed by atoms with Crippen LogP contribution in [0.25, 0.3) is 10.9 Å². The largest absolute Gasteiger partial charge is 0.471 e. The highest BCUT2D eigenvalue weighted by Gasteiger charge is 2.24. The second-order valence-electron chi connectivity index (χ2n) is 7.23. The molecule has 0 aliphatic carbocycles. The Labute approximate surface area is 167 Å². The number of nitrogens with one attached hydrogen (secondary N) is 1. The summed E-state index contributed by atoms with van der Waals surface area (Å²) in [6.07, 6.45) is 5.53. The van der Waals surface area contributed by atoms with Gasteiger partial charge in [0.05, 0.1) is 36.6 Å². The van der Waals surface area contributed by atoms with Gasteiger partial charge in [-0.05, 0) is 18.2 Å². The second-order valence-corrected chi connectivity index (χ2v) is 7.23. The van der Waals surface area contributed by atoms with Crippen LogP contribution in [0.15, 0.2) is 37.1 Å². The first kappa shape index (κ1) is 17.9. The van der Waals surface area contributed by atoms with Gasteiger partial charge in [0.15, 0.2) is 0 Å². The number of rotatable bonds is 4. The molecule has 1 atom stereocenters. The molecule has 0 spiro atoms. The number of benzene rings is 1. The van der Waals surface area contributed by atoms with Gasteiger partial charge in [-0.15, -0.1) is 0 Å². The number of hydrogen-bond donors (Lipinski definition) is 1. The Bertz CT molecular complexity index is 995. The number of fused-ring (bicyclic) bond motifs is 1. The number of piperazine rings is 1. The lowest BCUT2D eigenvalue weighted by molar-refractivity contribution is 0.0741. The summed E-state index contributed by atoms with van der Waals surface area (Å²) in [7, 11) is 0. The smallest absolute Gasteiger partial charge is 0.272 e. The van der Waals surface area contributed by atoms with Crippen molar-refractivity contribution in [3.05, 3.63) is 42.7 Å². The van der Waals surface area contributed by atoms with E-state index in [9.17, 15) is 4.79 Å². The van der Waals surface area contributed by atoms with Gasteiger partial charge in [0, 0.05) is 38.3 Å². The molecule has 1 aromatic carbocycles. The van der Waals surface area contributed by atoms with Crippen LogP contribution in [-0.2, 0) is 4.74 Å². The summed E-state index contributed by atoms with van der Waals surface area (Å²) >= 11 is 0. The van der Waals surface area contributed by atoms with Crippen molar-refractivity contribution in [3.8, 4) is 5.88 Å². The second kappa shape index (κ2) is 7.67. The van der Waals surface area contributed by atoms with Gasteiger partial charge in [-0.3, -0.25) is 4.79 Å². The maximum Gasteiger partial charge on any atom is 0.272 e. The molecule has 0 bridgehead atoms. The molecule has 2 saturated heterocycles. The SMILES string of the molecule is O=C(c1cnc[nH]1)N1CCN(c2ccc3ncnc(OC4CCOC4)c3c2)CC1.